The third-order valence-corrected chi connectivity index (χ3v) is 8.18. The van der Waals surface area contributed by atoms with E-state index in [0.29, 0.717) is 31.3 Å². The van der Waals surface area contributed by atoms with Crippen LogP contribution in [0.25, 0.3) is 0 Å². The molecule has 3 heterocycles. The fraction of sp³-hybridized carbons (Fsp3) is 0.379. The number of benzene rings is 2. The van der Waals surface area contributed by atoms with Crippen molar-refractivity contribution in [2.45, 2.75) is 31.6 Å². The Kier molecular flexibility index (Phi) is 8.03. The number of fused-ring (bicyclic) bond motifs is 1. The second kappa shape index (κ2) is 11.5. The molecule has 1 saturated heterocycles. The summed E-state index contributed by atoms with van der Waals surface area (Å²) in [6, 6.07) is 10.6. The number of nitrogens with zero attached hydrogens (tertiary/aromatic N) is 4. The number of guanidine groups is 1. The van der Waals surface area contributed by atoms with E-state index >= 15 is 0 Å². The molecule has 41 heavy (non-hydrogen) atoms. The zero-order valence-corrected chi connectivity index (χ0v) is 24.0. The number of aliphatic imine (C=N–C) groups is 1. The summed E-state index contributed by atoms with van der Waals surface area (Å²) < 4.78 is 57.6. The van der Waals surface area contributed by atoms with Crippen LogP contribution in [0.1, 0.15) is 30.5 Å². The summed E-state index contributed by atoms with van der Waals surface area (Å²) in [7, 11) is 4.33. The molecule has 0 aliphatic carbocycles. The number of anilines is 2. The van der Waals surface area contributed by atoms with Gasteiger partial charge in [-0.15, -0.1) is 11.3 Å². The molecule has 2 aliphatic heterocycles. The number of ether oxygens (including phenoxy) is 3. The van der Waals surface area contributed by atoms with Crippen LogP contribution in [0.4, 0.5) is 30.2 Å². The SMILES string of the molecule is COC(=O)CC1c2cscc2N=C(N2CCN(c3cccc(OC)c3)[C@H](C)C2)N1c1cc(C(F)(F)F)ccc1OC. The number of halogens is 3. The smallest absolute Gasteiger partial charge is 0.416 e. The first kappa shape index (κ1) is 28.6. The second-order valence-corrected chi connectivity index (χ2v) is 10.6. The van der Waals surface area contributed by atoms with Gasteiger partial charge in [0.1, 0.15) is 11.5 Å². The van der Waals surface area contributed by atoms with Crippen LogP contribution in [0.3, 0.4) is 0 Å². The van der Waals surface area contributed by atoms with Gasteiger partial charge in [-0.2, -0.15) is 13.2 Å². The van der Waals surface area contributed by atoms with E-state index < -0.39 is 23.8 Å². The lowest BCUT2D eigenvalue weighted by Gasteiger charge is -2.47. The van der Waals surface area contributed by atoms with Crippen molar-refractivity contribution < 1.29 is 32.2 Å². The molecule has 218 valence electrons. The largest absolute Gasteiger partial charge is 0.497 e. The Morgan fingerprint density at radius 3 is 2.56 bits per heavy atom. The molecule has 1 fully saturated rings. The van der Waals surface area contributed by atoms with E-state index in [-0.39, 0.29) is 23.9 Å². The minimum atomic E-state index is -4.57. The van der Waals surface area contributed by atoms with E-state index in [1.165, 1.54) is 31.6 Å². The first-order valence-electron chi connectivity index (χ1n) is 13.1. The number of carbonyl (C=O) groups excluding carboxylic acids is 1. The van der Waals surface area contributed by atoms with Crippen molar-refractivity contribution in [3.05, 3.63) is 64.4 Å². The van der Waals surface area contributed by atoms with Crippen LogP contribution in [0.5, 0.6) is 11.5 Å². The summed E-state index contributed by atoms with van der Waals surface area (Å²) in [5.74, 6) is 0.967. The molecule has 5 rings (SSSR count). The Balaban J connectivity index is 1.58. The molecular weight excluding hydrogens is 557 g/mol. The van der Waals surface area contributed by atoms with Gasteiger partial charge in [0.15, 0.2) is 0 Å². The zero-order valence-electron chi connectivity index (χ0n) is 23.1. The molecule has 0 N–H and O–H groups in total. The lowest BCUT2D eigenvalue weighted by molar-refractivity contribution is -0.141. The third-order valence-electron chi connectivity index (χ3n) is 7.43. The molecule has 2 aliphatic rings. The van der Waals surface area contributed by atoms with E-state index in [2.05, 4.69) is 16.7 Å². The lowest BCUT2D eigenvalue weighted by atomic mass is 10.00. The van der Waals surface area contributed by atoms with Crippen molar-refractivity contribution in [3.63, 3.8) is 0 Å². The average molecular weight is 589 g/mol. The molecule has 0 saturated carbocycles. The minimum Gasteiger partial charge on any atom is -0.497 e. The van der Waals surface area contributed by atoms with Crippen LogP contribution in [-0.2, 0) is 15.7 Å². The van der Waals surface area contributed by atoms with Crippen LogP contribution >= 0.6 is 11.3 Å². The molecule has 12 heteroatoms. The van der Waals surface area contributed by atoms with Gasteiger partial charge in [0.25, 0.3) is 0 Å². The van der Waals surface area contributed by atoms with Crippen molar-refractivity contribution in [3.8, 4) is 11.5 Å². The van der Waals surface area contributed by atoms with Crippen LogP contribution in [0.15, 0.2) is 58.2 Å². The van der Waals surface area contributed by atoms with Gasteiger partial charge in [-0.3, -0.25) is 4.79 Å². The van der Waals surface area contributed by atoms with Crippen molar-refractivity contribution in [1.82, 2.24) is 4.90 Å². The van der Waals surface area contributed by atoms with Crippen molar-refractivity contribution >= 4 is 40.3 Å². The molecular formula is C29H31F3N4O4S. The number of hydrogen-bond acceptors (Lipinski definition) is 9. The van der Waals surface area contributed by atoms with E-state index in [1.807, 2.05) is 35.0 Å². The Morgan fingerprint density at radius 2 is 1.88 bits per heavy atom. The molecule has 1 unspecified atom stereocenters. The molecule has 2 atom stereocenters. The van der Waals surface area contributed by atoms with Gasteiger partial charge >= 0.3 is 12.1 Å². The first-order chi connectivity index (χ1) is 19.6. The van der Waals surface area contributed by atoms with Crippen LogP contribution in [0.2, 0.25) is 0 Å². The predicted octanol–water partition coefficient (Wildman–Crippen LogP) is 6.11. The summed E-state index contributed by atoms with van der Waals surface area (Å²) in [5, 5.41) is 3.76. The van der Waals surface area contributed by atoms with Gasteiger partial charge in [-0.1, -0.05) is 6.07 Å². The second-order valence-electron chi connectivity index (χ2n) is 9.86. The fourth-order valence-corrected chi connectivity index (χ4v) is 6.20. The number of hydrogen-bond donors (Lipinski definition) is 0. The van der Waals surface area contributed by atoms with Crippen molar-refractivity contribution in [2.75, 3.05) is 50.8 Å². The lowest BCUT2D eigenvalue weighted by Crippen LogP contribution is -2.58. The first-order valence-corrected chi connectivity index (χ1v) is 14.0. The van der Waals surface area contributed by atoms with E-state index in [9.17, 15) is 18.0 Å². The number of piperazine rings is 1. The third kappa shape index (κ3) is 5.65. The monoisotopic (exact) mass is 588 g/mol. The van der Waals surface area contributed by atoms with Crippen molar-refractivity contribution in [1.29, 1.82) is 0 Å². The summed E-state index contributed by atoms with van der Waals surface area (Å²) in [5.41, 5.74) is 1.80. The highest BCUT2D eigenvalue weighted by atomic mass is 32.1. The normalized spacial score (nSPS) is 19.0. The van der Waals surface area contributed by atoms with Gasteiger partial charge in [0, 0.05) is 48.4 Å². The molecule has 1 aromatic heterocycles. The Bertz CT molecular complexity index is 1440. The van der Waals surface area contributed by atoms with E-state index in [1.54, 1.807) is 12.0 Å². The number of thiophene rings is 1. The summed E-state index contributed by atoms with van der Waals surface area (Å²) >= 11 is 1.42. The Hall–Kier alpha value is -3.93. The molecule has 2 aromatic carbocycles. The highest BCUT2D eigenvalue weighted by Gasteiger charge is 2.41. The zero-order chi connectivity index (χ0) is 29.3. The molecule has 0 bridgehead atoms. The van der Waals surface area contributed by atoms with Crippen molar-refractivity contribution in [2.24, 2.45) is 4.99 Å². The number of rotatable bonds is 6. The topological polar surface area (TPSA) is 66.8 Å². The summed E-state index contributed by atoms with van der Waals surface area (Å²) in [6.45, 7) is 3.81. The van der Waals surface area contributed by atoms with Gasteiger partial charge in [-0.25, -0.2) is 4.99 Å². The predicted molar refractivity (Wildman–Crippen MR) is 153 cm³/mol. The van der Waals surface area contributed by atoms with Gasteiger partial charge in [-0.05, 0) is 42.6 Å². The molecule has 0 spiro atoms. The number of alkyl halides is 3. The molecule has 0 radical (unpaired) electrons. The highest BCUT2D eigenvalue weighted by Crippen LogP contribution is 2.46. The van der Waals surface area contributed by atoms with Crippen LogP contribution < -0.4 is 19.3 Å². The maximum absolute atomic E-state index is 13.9. The molecule has 3 aromatic rings. The minimum absolute atomic E-state index is 0.0340. The number of methoxy groups -OCH3 is 3. The molecule has 8 nitrogen and oxygen atoms in total. The molecule has 0 amide bonds. The fourth-order valence-electron chi connectivity index (χ4n) is 5.39. The van der Waals surface area contributed by atoms with Crippen LogP contribution in [-0.4, -0.2) is 63.8 Å². The quantitative estimate of drug-likeness (QED) is 0.322. The number of esters is 1. The van der Waals surface area contributed by atoms with Gasteiger partial charge < -0.3 is 28.9 Å². The van der Waals surface area contributed by atoms with E-state index in [4.69, 9.17) is 19.2 Å². The summed E-state index contributed by atoms with van der Waals surface area (Å²) in [6.07, 6.45) is -4.66. The maximum Gasteiger partial charge on any atom is 0.416 e. The van der Waals surface area contributed by atoms with Gasteiger partial charge in [0.2, 0.25) is 5.96 Å². The maximum atomic E-state index is 13.9. The highest BCUT2D eigenvalue weighted by molar-refractivity contribution is 7.08. The summed E-state index contributed by atoms with van der Waals surface area (Å²) in [4.78, 5) is 23.6. The Morgan fingerprint density at radius 1 is 1.07 bits per heavy atom. The van der Waals surface area contributed by atoms with E-state index in [0.717, 1.165) is 29.1 Å². The average Bonchev–Trinajstić information content (AvgIpc) is 3.45. The number of carbonyl (C=O) groups is 1. The Labute approximate surface area is 240 Å². The van der Waals surface area contributed by atoms with Gasteiger partial charge in [0.05, 0.1) is 50.7 Å². The standard InChI is InChI=1S/C29H31F3N4O4S/c1-18-15-34(10-11-35(18)20-6-5-7-21(13-20)38-2)28-33-23-17-41-16-22(23)24(14-27(37)40-4)36(28)25-12-19(29(30,31)32)8-9-26(25)39-3/h5-9,12-13,16-18,24H,10-11,14-15H2,1-4H3/t18-,24?/m1/s1. The van der Waals surface area contributed by atoms with Crippen LogP contribution in [0, 0.1) is 0 Å².